The Morgan fingerprint density at radius 3 is 2.19 bits per heavy atom. The number of aliphatic hydroxyl groups excluding tert-OH is 1. The number of allylic oxidation sites excluding steroid dienone is 1. The average Bonchev–Trinajstić information content (AvgIpc) is 3.61. The van der Waals surface area contributed by atoms with Crippen LogP contribution in [0.4, 0.5) is 5.69 Å². The van der Waals surface area contributed by atoms with Gasteiger partial charge in [0.2, 0.25) is 23.6 Å². The maximum atomic E-state index is 13.7. The van der Waals surface area contributed by atoms with Crippen molar-refractivity contribution in [2.45, 2.75) is 190 Å². The highest BCUT2D eigenvalue weighted by molar-refractivity contribution is 5.98. The Balaban J connectivity index is 1.03. The van der Waals surface area contributed by atoms with E-state index in [0.717, 1.165) is 53.9 Å². The van der Waals surface area contributed by atoms with E-state index in [1.165, 1.54) is 57.8 Å². The molecule has 360 valence electrons. The molecule has 4 aliphatic carbocycles. The van der Waals surface area contributed by atoms with Crippen LogP contribution >= 0.6 is 0 Å². The van der Waals surface area contributed by atoms with Crippen molar-refractivity contribution in [1.29, 1.82) is 0 Å². The fraction of sp³-hybridized carbons (Fsp3) is 0.778. The summed E-state index contributed by atoms with van der Waals surface area (Å²) in [5, 5.41) is 21.0. The van der Waals surface area contributed by atoms with Gasteiger partial charge in [-0.3, -0.25) is 19.2 Å². The highest BCUT2D eigenvalue weighted by atomic mass is 16.5. The summed E-state index contributed by atoms with van der Waals surface area (Å²) >= 11 is 0. The van der Waals surface area contributed by atoms with Gasteiger partial charge < -0.3 is 31.1 Å². The number of rotatable bonds is 23. The van der Waals surface area contributed by atoms with Gasteiger partial charge in [0, 0.05) is 31.7 Å². The number of benzene rings is 1. The molecule has 0 unspecified atom stereocenters. The molecule has 11 atom stereocenters. The topological polar surface area (TPSA) is 146 Å². The fourth-order valence-electron chi connectivity index (χ4n) is 12.6. The summed E-state index contributed by atoms with van der Waals surface area (Å²) in [6.07, 6.45) is 18.3. The van der Waals surface area contributed by atoms with Crippen LogP contribution in [-0.2, 0) is 30.5 Å². The van der Waals surface area contributed by atoms with E-state index in [1.807, 2.05) is 34.6 Å². The fourth-order valence-corrected chi connectivity index (χ4v) is 12.6. The monoisotopic (exact) mass is 889 g/mol. The van der Waals surface area contributed by atoms with Crippen molar-refractivity contribution >= 4 is 29.3 Å². The molecule has 1 aromatic carbocycles. The van der Waals surface area contributed by atoms with Crippen LogP contribution in [0.1, 0.15) is 171 Å². The predicted molar refractivity (Wildman–Crippen MR) is 258 cm³/mol. The number of hydrogen-bond acceptors (Lipinski definition) is 6. The quantitative estimate of drug-likeness (QED) is 0.0547. The van der Waals surface area contributed by atoms with E-state index in [-0.39, 0.29) is 61.0 Å². The number of fused-ring (bicyclic) bond motifs is 5. The largest absolute Gasteiger partial charge is 0.392 e. The Morgan fingerprint density at radius 2 is 1.52 bits per heavy atom. The van der Waals surface area contributed by atoms with Gasteiger partial charge in [0.15, 0.2) is 0 Å². The van der Waals surface area contributed by atoms with Crippen LogP contribution in [0.25, 0.3) is 0 Å². The van der Waals surface area contributed by atoms with E-state index in [9.17, 15) is 24.3 Å². The molecule has 64 heavy (non-hydrogen) atoms. The lowest BCUT2D eigenvalue weighted by Gasteiger charge is -2.58. The van der Waals surface area contributed by atoms with Crippen LogP contribution in [-0.4, -0.2) is 60.1 Å². The lowest BCUT2D eigenvalue weighted by atomic mass is 9.47. The van der Waals surface area contributed by atoms with Crippen molar-refractivity contribution in [3.63, 3.8) is 0 Å². The second-order valence-corrected chi connectivity index (χ2v) is 22.4. The summed E-state index contributed by atoms with van der Waals surface area (Å²) in [6, 6.07) is 5.18. The van der Waals surface area contributed by atoms with E-state index in [1.54, 1.807) is 29.8 Å². The Labute approximate surface area is 387 Å². The Bertz CT molecular complexity index is 1730. The molecule has 0 bridgehead atoms. The van der Waals surface area contributed by atoms with Crippen LogP contribution in [0.5, 0.6) is 0 Å². The Kier molecular flexibility index (Phi) is 19.0. The molecule has 4 amide bonds. The Morgan fingerprint density at radius 1 is 0.797 bits per heavy atom. The second kappa shape index (κ2) is 23.5. The summed E-state index contributed by atoms with van der Waals surface area (Å²) in [5.41, 5.74) is 3.73. The smallest absolute Gasteiger partial charge is 0.246 e. The van der Waals surface area contributed by atoms with Crippen molar-refractivity contribution in [2.75, 3.05) is 18.5 Å². The summed E-state index contributed by atoms with van der Waals surface area (Å²) in [6.45, 7) is 23.4. The maximum absolute atomic E-state index is 13.7. The first kappa shape index (κ1) is 51.7. The van der Waals surface area contributed by atoms with Crippen LogP contribution in [0.3, 0.4) is 0 Å². The van der Waals surface area contributed by atoms with Crippen molar-refractivity contribution in [3.05, 3.63) is 41.5 Å². The minimum Gasteiger partial charge on any atom is -0.392 e. The normalized spacial score (nSPS) is 28.3. The number of nitrogens with one attached hydrogen (secondary N) is 4. The van der Waals surface area contributed by atoms with E-state index in [0.29, 0.717) is 42.5 Å². The molecule has 5 rings (SSSR count). The van der Waals surface area contributed by atoms with E-state index < -0.39 is 18.0 Å². The van der Waals surface area contributed by atoms with Crippen molar-refractivity contribution < 1.29 is 29.0 Å². The number of amides is 4. The molecule has 10 nitrogen and oxygen atoms in total. The van der Waals surface area contributed by atoms with E-state index in [4.69, 9.17) is 4.74 Å². The molecule has 0 radical (unpaired) electrons. The van der Waals surface area contributed by atoms with Crippen LogP contribution in [0.2, 0.25) is 0 Å². The lowest BCUT2D eigenvalue weighted by Crippen LogP contribution is -2.55. The first-order valence-electron chi connectivity index (χ1n) is 25.5. The first-order valence-corrected chi connectivity index (χ1v) is 25.5. The highest BCUT2D eigenvalue weighted by Crippen LogP contribution is 2.67. The number of carbonyl (C=O) groups excluding carboxylic acids is 4. The second-order valence-electron chi connectivity index (χ2n) is 22.4. The van der Waals surface area contributed by atoms with Crippen LogP contribution in [0, 0.1) is 64.1 Å². The van der Waals surface area contributed by atoms with Crippen molar-refractivity contribution in [1.82, 2.24) is 16.0 Å². The molecule has 0 spiro atoms. The molecule has 0 aliphatic heterocycles. The summed E-state index contributed by atoms with van der Waals surface area (Å²) < 4.78 is 6.45. The molecule has 0 aromatic heterocycles. The lowest BCUT2D eigenvalue weighted by molar-refractivity contribution is -0.133. The standard InChI is InChI=1S/C54H88N4O6/c1-34(2)13-11-14-37(7)44-21-22-45-43-20-17-40-32-42(25-27-53(40,9)46(43)26-28-54(44,45)10)64-30-12-29-55-48(60)23-24-49(61)58-50(38(8)36(5)6)52(63)57-47(31-35(3)4)51(62)56-41-18-15-39(33-59)16-19-41/h15-19,34-38,42-47,50,59H,11-14,20-33H2,1-10H3,(H,55,60)(H,56,62)(H,57,63)(H,58,61)/t37-,38+,42+,43+,44-,45+,46+,47+,50+,53+,54-/m1/s1. The molecule has 3 fully saturated rings. The zero-order chi connectivity index (χ0) is 46.8. The molecular formula is C54H88N4O6. The summed E-state index contributed by atoms with van der Waals surface area (Å²) in [4.78, 5) is 53.1. The zero-order valence-corrected chi connectivity index (χ0v) is 41.5. The molecule has 3 saturated carbocycles. The number of aliphatic hydroxyl groups is 1. The van der Waals surface area contributed by atoms with Crippen LogP contribution < -0.4 is 21.3 Å². The molecule has 4 aliphatic rings. The molecule has 0 heterocycles. The number of anilines is 1. The van der Waals surface area contributed by atoms with Crippen LogP contribution in [0.15, 0.2) is 35.9 Å². The van der Waals surface area contributed by atoms with Crippen molar-refractivity contribution in [2.24, 2.45) is 64.1 Å². The molecule has 10 heteroatoms. The third-order valence-electron chi connectivity index (χ3n) is 16.8. The van der Waals surface area contributed by atoms with Gasteiger partial charge in [-0.15, -0.1) is 0 Å². The van der Waals surface area contributed by atoms with Gasteiger partial charge in [-0.25, -0.2) is 0 Å². The zero-order valence-electron chi connectivity index (χ0n) is 41.5. The Hall–Kier alpha value is -3.24. The SMILES string of the molecule is CC(C)CCC[C@@H](C)[C@H]1CC[C@H]2[C@@H]3CC=C4C[C@@H](OCCCNC(=O)CCC(=O)N[C@H](C(=O)N[C@@H](CC(C)C)C(=O)Nc5ccc(CO)cc5)[C@@H](C)C(C)C)CC[C@]4(C)[C@H]3CC[C@]12C. The number of hydrogen-bond donors (Lipinski definition) is 5. The third-order valence-corrected chi connectivity index (χ3v) is 16.8. The van der Waals surface area contributed by atoms with E-state index >= 15 is 0 Å². The van der Waals surface area contributed by atoms with Crippen molar-refractivity contribution in [3.8, 4) is 0 Å². The van der Waals surface area contributed by atoms with Gasteiger partial charge in [0.1, 0.15) is 12.1 Å². The van der Waals surface area contributed by atoms with Gasteiger partial charge in [-0.1, -0.05) is 112 Å². The average molecular weight is 889 g/mol. The van der Waals surface area contributed by atoms with Gasteiger partial charge in [0.25, 0.3) is 0 Å². The first-order chi connectivity index (χ1) is 30.4. The molecule has 0 saturated heterocycles. The third kappa shape index (κ3) is 13.2. The molecule has 1 aromatic rings. The number of carbonyl (C=O) groups is 4. The summed E-state index contributed by atoms with van der Waals surface area (Å²) in [7, 11) is 0. The molecule has 5 N–H and O–H groups in total. The van der Waals surface area contributed by atoms with Gasteiger partial charge in [-0.2, -0.15) is 0 Å². The highest BCUT2D eigenvalue weighted by Gasteiger charge is 2.59. The number of ether oxygens (including phenoxy) is 1. The van der Waals surface area contributed by atoms with Gasteiger partial charge in [-0.05, 0) is 146 Å². The van der Waals surface area contributed by atoms with E-state index in [2.05, 4.69) is 62.0 Å². The van der Waals surface area contributed by atoms with Gasteiger partial charge in [0.05, 0.1) is 12.7 Å². The minimum absolute atomic E-state index is 0.0139. The predicted octanol–water partition coefficient (Wildman–Crippen LogP) is 10.1. The molecular weight excluding hydrogens is 801 g/mol. The van der Waals surface area contributed by atoms with Gasteiger partial charge >= 0.3 is 0 Å². The maximum Gasteiger partial charge on any atom is 0.246 e. The minimum atomic E-state index is -0.876. The summed E-state index contributed by atoms with van der Waals surface area (Å²) in [5.74, 6) is 3.60.